The summed E-state index contributed by atoms with van der Waals surface area (Å²) in [7, 11) is 2.21. The van der Waals surface area contributed by atoms with Gasteiger partial charge in [-0.25, -0.2) is 4.39 Å². The van der Waals surface area contributed by atoms with Crippen molar-refractivity contribution >= 4 is 35.6 Å². The van der Waals surface area contributed by atoms with E-state index in [2.05, 4.69) is 34.0 Å². The maximum absolute atomic E-state index is 14.0. The molecule has 0 bridgehead atoms. The summed E-state index contributed by atoms with van der Waals surface area (Å²) in [6.45, 7) is 9.69. The largest absolute Gasteiger partial charge is 0.366 e. The predicted molar refractivity (Wildman–Crippen MR) is 126 cm³/mol. The highest BCUT2D eigenvalue weighted by molar-refractivity contribution is 14.0. The van der Waals surface area contributed by atoms with Crippen molar-refractivity contribution in [1.29, 1.82) is 0 Å². The summed E-state index contributed by atoms with van der Waals surface area (Å²) in [5, 5.41) is 3.44. The van der Waals surface area contributed by atoms with E-state index in [-0.39, 0.29) is 29.8 Å². The molecule has 28 heavy (non-hydrogen) atoms. The van der Waals surface area contributed by atoms with E-state index in [1.54, 1.807) is 6.07 Å². The van der Waals surface area contributed by atoms with Crippen LogP contribution in [0.25, 0.3) is 0 Å². The molecule has 1 N–H and O–H groups in total. The average molecular weight is 503 g/mol. The van der Waals surface area contributed by atoms with Gasteiger partial charge < -0.3 is 20.0 Å². The molecule has 2 aliphatic rings. The fourth-order valence-electron chi connectivity index (χ4n) is 4.00. The van der Waals surface area contributed by atoms with Crippen LogP contribution in [0.4, 0.5) is 10.1 Å². The molecule has 2 fully saturated rings. The normalized spacial score (nSPS) is 19.5. The third-order valence-corrected chi connectivity index (χ3v) is 5.74. The van der Waals surface area contributed by atoms with Gasteiger partial charge in [0.15, 0.2) is 5.96 Å². The number of likely N-dealkylation sites (tertiary alicyclic amines) is 1. The highest BCUT2D eigenvalue weighted by Crippen LogP contribution is 2.21. The number of piperidine rings is 1. The molecule has 158 valence electrons. The number of anilines is 1. The van der Waals surface area contributed by atoms with Gasteiger partial charge in [-0.15, -0.1) is 24.0 Å². The molecular weight excluding hydrogens is 468 g/mol. The highest BCUT2D eigenvalue weighted by Gasteiger charge is 2.22. The molecule has 5 nitrogen and oxygen atoms in total. The van der Waals surface area contributed by atoms with Crippen LogP contribution >= 0.6 is 24.0 Å². The summed E-state index contributed by atoms with van der Waals surface area (Å²) in [6, 6.07) is 7.05. The molecule has 7 heteroatoms. The summed E-state index contributed by atoms with van der Waals surface area (Å²) in [6.07, 6.45) is 3.77. The van der Waals surface area contributed by atoms with Crippen LogP contribution < -0.4 is 10.2 Å². The van der Waals surface area contributed by atoms with Gasteiger partial charge in [-0.3, -0.25) is 4.99 Å². The van der Waals surface area contributed by atoms with Gasteiger partial charge in [0, 0.05) is 39.3 Å². The van der Waals surface area contributed by atoms with Crippen molar-refractivity contribution in [2.24, 2.45) is 10.9 Å². The van der Waals surface area contributed by atoms with E-state index in [1.165, 1.54) is 38.4 Å². The van der Waals surface area contributed by atoms with E-state index in [0.717, 1.165) is 51.1 Å². The number of para-hydroxylation sites is 1. The van der Waals surface area contributed by atoms with Crippen LogP contribution in [-0.2, 0) is 0 Å². The second-order valence-corrected chi connectivity index (χ2v) is 7.70. The molecule has 0 amide bonds. The molecule has 0 spiro atoms. The lowest BCUT2D eigenvalue weighted by Crippen LogP contribution is -2.52. The van der Waals surface area contributed by atoms with Crippen molar-refractivity contribution in [3.63, 3.8) is 0 Å². The molecular formula is C21H35FIN5. The zero-order valence-corrected chi connectivity index (χ0v) is 19.6. The van der Waals surface area contributed by atoms with Crippen molar-refractivity contribution in [3.05, 3.63) is 30.1 Å². The van der Waals surface area contributed by atoms with E-state index in [0.29, 0.717) is 5.69 Å². The molecule has 3 rings (SSSR count). The number of nitrogens with zero attached hydrogens (tertiary/aromatic N) is 4. The molecule has 1 aromatic carbocycles. The number of piperazine rings is 1. The maximum atomic E-state index is 14.0. The molecule has 0 aromatic heterocycles. The van der Waals surface area contributed by atoms with Crippen LogP contribution in [0.5, 0.6) is 0 Å². The van der Waals surface area contributed by atoms with Gasteiger partial charge >= 0.3 is 0 Å². The summed E-state index contributed by atoms with van der Waals surface area (Å²) in [4.78, 5) is 11.8. The Bertz CT molecular complexity index is 611. The van der Waals surface area contributed by atoms with E-state index in [4.69, 9.17) is 4.99 Å². The topological polar surface area (TPSA) is 34.1 Å². The van der Waals surface area contributed by atoms with Gasteiger partial charge in [-0.2, -0.15) is 0 Å². The number of nitrogens with one attached hydrogen (secondary N) is 1. The van der Waals surface area contributed by atoms with E-state index in [1.807, 2.05) is 12.1 Å². The number of aliphatic imine (C=N–C) groups is 1. The molecule has 0 aliphatic carbocycles. The van der Waals surface area contributed by atoms with Crippen molar-refractivity contribution in [2.75, 3.05) is 64.3 Å². The Labute approximate surface area is 186 Å². The fourth-order valence-corrected chi connectivity index (χ4v) is 4.00. The quantitative estimate of drug-likeness (QED) is 0.380. The monoisotopic (exact) mass is 503 g/mol. The first-order valence-electron chi connectivity index (χ1n) is 10.4. The lowest BCUT2D eigenvalue weighted by molar-refractivity contribution is 0.214. The van der Waals surface area contributed by atoms with Gasteiger partial charge in [0.2, 0.25) is 0 Å². The Hall–Kier alpha value is -1.09. The molecule has 2 aliphatic heterocycles. The minimum Gasteiger partial charge on any atom is -0.366 e. The minimum atomic E-state index is -0.135. The second-order valence-electron chi connectivity index (χ2n) is 7.70. The molecule has 2 heterocycles. The Morgan fingerprint density at radius 1 is 1.11 bits per heavy atom. The Morgan fingerprint density at radius 2 is 1.79 bits per heavy atom. The van der Waals surface area contributed by atoms with Gasteiger partial charge in [0.1, 0.15) is 5.82 Å². The number of halogens is 2. The third kappa shape index (κ3) is 6.47. The Kier molecular flexibility index (Phi) is 9.77. The van der Waals surface area contributed by atoms with Crippen LogP contribution in [-0.4, -0.2) is 75.2 Å². The molecule has 1 aromatic rings. The van der Waals surface area contributed by atoms with Crippen molar-refractivity contribution in [1.82, 2.24) is 15.1 Å². The van der Waals surface area contributed by atoms with Gasteiger partial charge in [0.25, 0.3) is 0 Å². The number of rotatable bonds is 5. The Balaban J connectivity index is 0.00000280. The Morgan fingerprint density at radius 3 is 2.43 bits per heavy atom. The van der Waals surface area contributed by atoms with E-state index in [9.17, 15) is 4.39 Å². The predicted octanol–water partition coefficient (Wildman–Crippen LogP) is 3.26. The average Bonchev–Trinajstić information content (AvgIpc) is 2.69. The first-order chi connectivity index (χ1) is 13.2. The number of hydrogen-bond donors (Lipinski definition) is 1. The molecule has 0 saturated carbocycles. The second kappa shape index (κ2) is 11.8. The van der Waals surface area contributed by atoms with Gasteiger partial charge in [-0.1, -0.05) is 12.1 Å². The highest BCUT2D eigenvalue weighted by atomic mass is 127. The lowest BCUT2D eigenvalue weighted by atomic mass is 9.94. The van der Waals surface area contributed by atoms with Gasteiger partial charge in [-0.05, 0) is 64.4 Å². The summed E-state index contributed by atoms with van der Waals surface area (Å²) < 4.78 is 14.0. The number of hydrogen-bond acceptors (Lipinski definition) is 3. The van der Waals surface area contributed by atoms with Crippen LogP contribution in [0.1, 0.15) is 26.2 Å². The van der Waals surface area contributed by atoms with Gasteiger partial charge in [0.05, 0.1) is 5.69 Å². The van der Waals surface area contributed by atoms with Crippen LogP contribution in [0, 0.1) is 11.7 Å². The third-order valence-electron chi connectivity index (χ3n) is 5.74. The molecule has 0 atom stereocenters. The molecule has 0 unspecified atom stereocenters. The van der Waals surface area contributed by atoms with E-state index < -0.39 is 0 Å². The summed E-state index contributed by atoms with van der Waals surface area (Å²) in [5.41, 5.74) is 0.710. The lowest BCUT2D eigenvalue weighted by Gasteiger charge is -2.37. The van der Waals surface area contributed by atoms with Crippen molar-refractivity contribution in [3.8, 4) is 0 Å². The van der Waals surface area contributed by atoms with Crippen molar-refractivity contribution in [2.45, 2.75) is 26.2 Å². The summed E-state index contributed by atoms with van der Waals surface area (Å²) in [5.74, 6) is 1.69. The zero-order valence-electron chi connectivity index (χ0n) is 17.2. The maximum Gasteiger partial charge on any atom is 0.194 e. The number of benzene rings is 1. The van der Waals surface area contributed by atoms with Crippen LogP contribution in [0.15, 0.2) is 29.3 Å². The van der Waals surface area contributed by atoms with E-state index >= 15 is 0 Å². The number of guanidine groups is 1. The van der Waals surface area contributed by atoms with Crippen molar-refractivity contribution < 1.29 is 4.39 Å². The van der Waals surface area contributed by atoms with Crippen LogP contribution in [0.3, 0.4) is 0 Å². The zero-order chi connectivity index (χ0) is 19.1. The standard InChI is InChI=1S/C21H34FN5.HI/c1-3-23-21(24-11-8-18-9-12-25(2)13-10-18)27-16-14-26(15-17-27)20-7-5-4-6-19(20)22;/h4-7,18H,3,8-17H2,1-2H3,(H,23,24);1H. The molecule has 0 radical (unpaired) electrons. The first-order valence-corrected chi connectivity index (χ1v) is 10.4. The SMILES string of the molecule is CCNC(=NCCC1CCN(C)CC1)N1CCN(c2ccccc2F)CC1.I. The van der Waals surface area contributed by atoms with Crippen LogP contribution in [0.2, 0.25) is 0 Å². The first kappa shape index (κ1) is 23.2. The molecule has 2 saturated heterocycles. The summed E-state index contributed by atoms with van der Waals surface area (Å²) >= 11 is 0. The smallest absolute Gasteiger partial charge is 0.194 e. The fraction of sp³-hybridized carbons (Fsp3) is 0.667. The minimum absolute atomic E-state index is 0.